The van der Waals surface area contributed by atoms with Crippen molar-refractivity contribution >= 4 is 35.5 Å². The summed E-state index contributed by atoms with van der Waals surface area (Å²) in [6, 6.07) is 26.2. The van der Waals surface area contributed by atoms with Crippen LogP contribution in [0.3, 0.4) is 0 Å². The number of carbonyl (C=O) groups is 2. The second-order valence-corrected chi connectivity index (χ2v) is 6.67. The summed E-state index contributed by atoms with van der Waals surface area (Å²) in [5.41, 5.74) is 3.51. The summed E-state index contributed by atoms with van der Waals surface area (Å²) in [5.74, 6) is 0.00873. The molecule has 30 heavy (non-hydrogen) atoms. The third kappa shape index (κ3) is 4.77. The van der Waals surface area contributed by atoms with Crippen molar-refractivity contribution in [1.29, 1.82) is 0 Å². The zero-order chi connectivity index (χ0) is 20.8. The lowest BCUT2D eigenvalue weighted by Crippen LogP contribution is -2.29. The predicted octanol–water partition coefficient (Wildman–Crippen LogP) is 4.52. The molecule has 4 rings (SSSR count). The highest BCUT2D eigenvalue weighted by molar-refractivity contribution is 6.17. The van der Waals surface area contributed by atoms with Crippen molar-refractivity contribution < 1.29 is 9.59 Å². The topological polar surface area (TPSA) is 70.6 Å². The summed E-state index contributed by atoms with van der Waals surface area (Å²) < 4.78 is 0. The minimum atomic E-state index is -0.265. The molecule has 2 N–H and O–H groups in total. The minimum Gasteiger partial charge on any atom is -0.326 e. The number of rotatable bonds is 5. The molecule has 1 amide bonds. The monoisotopic (exact) mass is 393 g/mol. The molecule has 0 saturated heterocycles. The molecule has 0 bridgehead atoms. The molecule has 0 atom stereocenters. The van der Waals surface area contributed by atoms with Gasteiger partial charge in [-0.3, -0.25) is 14.9 Å². The lowest BCUT2D eigenvalue weighted by Gasteiger charge is -2.05. The van der Waals surface area contributed by atoms with Gasteiger partial charge in [-0.1, -0.05) is 66.7 Å². The van der Waals surface area contributed by atoms with E-state index in [0.29, 0.717) is 17.2 Å². The van der Waals surface area contributed by atoms with E-state index in [1.807, 2.05) is 60.7 Å². The average molecular weight is 393 g/mol. The van der Waals surface area contributed by atoms with E-state index in [4.69, 9.17) is 0 Å². The molecule has 1 aliphatic heterocycles. The van der Waals surface area contributed by atoms with Crippen LogP contribution < -0.4 is 10.6 Å². The van der Waals surface area contributed by atoms with E-state index in [0.717, 1.165) is 16.8 Å². The van der Waals surface area contributed by atoms with Gasteiger partial charge < -0.3 is 5.32 Å². The number of allylic oxidation sites excluding steroid dienone is 1. The molecule has 146 valence electrons. The van der Waals surface area contributed by atoms with Crippen LogP contribution in [0, 0.1) is 0 Å². The fourth-order valence-electron chi connectivity index (χ4n) is 2.92. The van der Waals surface area contributed by atoms with E-state index in [1.54, 1.807) is 42.5 Å². The zero-order valence-electron chi connectivity index (χ0n) is 16.1. The van der Waals surface area contributed by atoms with Gasteiger partial charge >= 0.3 is 0 Å². The number of aliphatic imine (C=N–C) groups is 1. The van der Waals surface area contributed by atoms with E-state index in [9.17, 15) is 9.59 Å². The van der Waals surface area contributed by atoms with Crippen LogP contribution in [-0.4, -0.2) is 17.6 Å². The third-order valence-corrected chi connectivity index (χ3v) is 4.46. The maximum Gasteiger partial charge on any atom is 0.276 e. The van der Waals surface area contributed by atoms with Gasteiger partial charge in [-0.05, 0) is 47.5 Å². The van der Waals surface area contributed by atoms with Crippen molar-refractivity contribution in [3.05, 3.63) is 113 Å². The first kappa shape index (κ1) is 19.1. The number of hydrogen-bond donors (Lipinski definition) is 2. The quantitative estimate of drug-likeness (QED) is 0.495. The number of amides is 1. The molecule has 0 aliphatic carbocycles. The number of benzene rings is 3. The molecule has 0 unspecified atom stereocenters. The van der Waals surface area contributed by atoms with Crippen molar-refractivity contribution in [3.63, 3.8) is 0 Å². The highest BCUT2D eigenvalue weighted by Gasteiger charge is 2.20. The molecule has 5 nitrogen and oxygen atoms in total. The number of nitrogens with zero attached hydrogens (tertiary/aromatic N) is 1. The van der Waals surface area contributed by atoms with Gasteiger partial charge in [-0.2, -0.15) is 0 Å². The van der Waals surface area contributed by atoms with Crippen molar-refractivity contribution in [2.75, 3.05) is 5.32 Å². The summed E-state index contributed by atoms with van der Waals surface area (Å²) in [6.45, 7) is 0. The number of guanidine groups is 1. The highest BCUT2D eigenvalue weighted by atomic mass is 16.2. The Hall–Kier alpha value is -4.25. The van der Waals surface area contributed by atoms with E-state index in [1.165, 1.54) is 0 Å². The Morgan fingerprint density at radius 3 is 2.13 bits per heavy atom. The Morgan fingerprint density at radius 1 is 0.833 bits per heavy atom. The maximum atomic E-state index is 12.3. The van der Waals surface area contributed by atoms with Gasteiger partial charge in [0.1, 0.15) is 5.70 Å². The Balaban J connectivity index is 1.42. The van der Waals surface area contributed by atoms with Crippen molar-refractivity contribution in [2.45, 2.75) is 0 Å². The van der Waals surface area contributed by atoms with E-state index in [2.05, 4.69) is 15.6 Å². The summed E-state index contributed by atoms with van der Waals surface area (Å²) in [5, 5.41) is 5.76. The van der Waals surface area contributed by atoms with Crippen LogP contribution in [0.1, 0.15) is 21.5 Å². The number of hydrogen-bond acceptors (Lipinski definition) is 4. The first-order valence-corrected chi connectivity index (χ1v) is 9.49. The van der Waals surface area contributed by atoms with E-state index >= 15 is 0 Å². The minimum absolute atomic E-state index is 0.0787. The number of carbonyl (C=O) groups excluding carboxylic acids is 2. The van der Waals surface area contributed by atoms with Crippen molar-refractivity contribution in [1.82, 2.24) is 5.32 Å². The van der Waals surface area contributed by atoms with Crippen LogP contribution in [0.15, 0.2) is 102 Å². The molecule has 1 aliphatic rings. The van der Waals surface area contributed by atoms with Gasteiger partial charge in [0.2, 0.25) is 5.96 Å². The lowest BCUT2D eigenvalue weighted by atomic mass is 10.1. The fraction of sp³-hybridized carbons (Fsp3) is 0. The van der Waals surface area contributed by atoms with Crippen molar-refractivity contribution in [3.8, 4) is 0 Å². The standard InChI is InChI=1S/C25H19N3O2/c29-23(16-11-18-7-3-1-4-8-18)20-12-14-21(15-13-20)26-25-27-22(24(30)28-25)17-19-9-5-2-6-10-19/h1-17H,(H2,26,27,28,30)/b16-11+,22-17-. The normalized spacial score (nSPS) is 14.6. The van der Waals surface area contributed by atoms with E-state index < -0.39 is 0 Å². The molecule has 5 heteroatoms. The van der Waals surface area contributed by atoms with E-state index in [-0.39, 0.29) is 11.7 Å². The van der Waals surface area contributed by atoms with Gasteiger partial charge in [0.25, 0.3) is 5.91 Å². The number of ketones is 1. The Bertz CT molecular complexity index is 1150. The van der Waals surface area contributed by atoms with Crippen LogP contribution in [0.25, 0.3) is 12.2 Å². The second-order valence-electron chi connectivity index (χ2n) is 6.67. The number of anilines is 1. The third-order valence-electron chi connectivity index (χ3n) is 4.46. The summed E-state index contributed by atoms with van der Waals surface area (Å²) in [6.07, 6.45) is 5.07. The van der Waals surface area contributed by atoms with Gasteiger partial charge in [-0.15, -0.1) is 0 Å². The first-order valence-electron chi connectivity index (χ1n) is 9.49. The number of nitrogens with one attached hydrogen (secondary N) is 2. The molecule has 1 heterocycles. The van der Waals surface area contributed by atoms with Crippen LogP contribution in [0.4, 0.5) is 5.69 Å². The largest absolute Gasteiger partial charge is 0.326 e. The average Bonchev–Trinajstić information content (AvgIpc) is 3.12. The van der Waals surface area contributed by atoms with Gasteiger partial charge in [0.15, 0.2) is 5.78 Å². The molecule has 0 fully saturated rings. The Morgan fingerprint density at radius 2 is 1.47 bits per heavy atom. The zero-order valence-corrected chi connectivity index (χ0v) is 16.1. The summed E-state index contributed by atoms with van der Waals surface area (Å²) >= 11 is 0. The van der Waals surface area contributed by atoms with Crippen LogP contribution >= 0.6 is 0 Å². The SMILES string of the molecule is O=C1NC(Nc2ccc(C(=O)/C=C/c3ccccc3)cc2)=N/C1=C\c1ccccc1. The molecular formula is C25H19N3O2. The Labute approximate surface area is 174 Å². The predicted molar refractivity (Wildman–Crippen MR) is 120 cm³/mol. The molecule has 3 aromatic rings. The molecule has 0 aromatic heterocycles. The molecule has 0 radical (unpaired) electrons. The van der Waals surface area contributed by atoms with Crippen LogP contribution in [0.2, 0.25) is 0 Å². The van der Waals surface area contributed by atoms with Gasteiger partial charge in [0, 0.05) is 11.3 Å². The van der Waals surface area contributed by atoms with Crippen molar-refractivity contribution in [2.24, 2.45) is 4.99 Å². The highest BCUT2D eigenvalue weighted by Crippen LogP contribution is 2.15. The smallest absolute Gasteiger partial charge is 0.276 e. The molecular weight excluding hydrogens is 374 g/mol. The Kier molecular flexibility index (Phi) is 5.62. The maximum absolute atomic E-state index is 12.3. The fourth-order valence-corrected chi connectivity index (χ4v) is 2.92. The van der Waals surface area contributed by atoms with Gasteiger partial charge in [0.05, 0.1) is 0 Å². The molecule has 0 spiro atoms. The van der Waals surface area contributed by atoms with Gasteiger partial charge in [-0.25, -0.2) is 4.99 Å². The first-order chi connectivity index (χ1) is 14.7. The van der Waals surface area contributed by atoms with Crippen LogP contribution in [0.5, 0.6) is 0 Å². The second kappa shape index (κ2) is 8.84. The lowest BCUT2D eigenvalue weighted by molar-refractivity contribution is -0.115. The molecule has 0 saturated carbocycles. The summed E-state index contributed by atoms with van der Waals surface area (Å²) in [4.78, 5) is 28.8. The molecule has 3 aromatic carbocycles. The summed E-state index contributed by atoms with van der Waals surface area (Å²) in [7, 11) is 0. The van der Waals surface area contributed by atoms with Crippen LogP contribution in [-0.2, 0) is 4.79 Å².